The molecule has 0 amide bonds. The molecule has 0 saturated carbocycles. The SMILES string of the molecule is CCCCC/C=C\C[C@]1(OC(C)=O)C=CC(=O)C1=C/C=C\[C@@H](CCC(=O)O)OC(C)=O. The summed E-state index contributed by atoms with van der Waals surface area (Å²) in [5, 5.41) is 8.85. The average molecular weight is 433 g/mol. The molecule has 2 atom stereocenters. The van der Waals surface area contributed by atoms with Crippen LogP contribution in [0.2, 0.25) is 0 Å². The fourth-order valence-corrected chi connectivity index (χ4v) is 3.22. The molecule has 0 saturated heterocycles. The van der Waals surface area contributed by atoms with Crippen LogP contribution in [0.3, 0.4) is 0 Å². The third-order valence-electron chi connectivity index (χ3n) is 4.66. The number of rotatable bonds is 13. The fraction of sp³-hybridized carbons (Fsp3) is 0.500. The molecule has 7 nitrogen and oxygen atoms in total. The number of aliphatic carboxylic acids is 1. The molecule has 0 spiro atoms. The molecule has 1 aliphatic rings. The van der Waals surface area contributed by atoms with E-state index in [2.05, 4.69) is 6.92 Å². The van der Waals surface area contributed by atoms with Gasteiger partial charge in [0.2, 0.25) is 0 Å². The van der Waals surface area contributed by atoms with E-state index in [4.69, 9.17) is 14.6 Å². The minimum atomic E-state index is -1.19. The molecule has 7 heteroatoms. The summed E-state index contributed by atoms with van der Waals surface area (Å²) in [4.78, 5) is 46.2. The van der Waals surface area contributed by atoms with Crippen molar-refractivity contribution in [3.63, 3.8) is 0 Å². The van der Waals surface area contributed by atoms with Crippen molar-refractivity contribution in [2.24, 2.45) is 0 Å². The lowest BCUT2D eigenvalue weighted by molar-refractivity contribution is -0.149. The van der Waals surface area contributed by atoms with Crippen LogP contribution in [0.4, 0.5) is 0 Å². The van der Waals surface area contributed by atoms with Gasteiger partial charge >= 0.3 is 17.9 Å². The molecule has 0 unspecified atom stereocenters. The highest BCUT2D eigenvalue weighted by atomic mass is 16.6. The van der Waals surface area contributed by atoms with Gasteiger partial charge in [-0.05, 0) is 37.5 Å². The summed E-state index contributed by atoms with van der Waals surface area (Å²) in [5.74, 6) is -2.32. The van der Waals surface area contributed by atoms with Crippen molar-refractivity contribution in [2.75, 3.05) is 0 Å². The Morgan fingerprint density at radius 1 is 1.16 bits per heavy atom. The Balaban J connectivity index is 3.03. The standard InChI is InChI=1S/C24H32O7/c1-4-5-6-7-8-9-16-24(31-19(3)26)17-15-22(27)21(24)12-10-11-20(30-18(2)25)13-14-23(28)29/h8-12,15,17,20H,4-7,13-14,16H2,1-3H3,(H,28,29)/b9-8-,11-10-,21-12?/t20-,24-/m0/s1. The van der Waals surface area contributed by atoms with Gasteiger partial charge in [-0.15, -0.1) is 0 Å². The van der Waals surface area contributed by atoms with Crippen molar-refractivity contribution in [3.05, 3.63) is 48.1 Å². The number of carboxylic acids is 1. The molecule has 1 N–H and O–H groups in total. The van der Waals surface area contributed by atoms with E-state index >= 15 is 0 Å². The first-order valence-electron chi connectivity index (χ1n) is 10.6. The van der Waals surface area contributed by atoms with Gasteiger partial charge in [-0.2, -0.15) is 0 Å². The first-order chi connectivity index (χ1) is 14.7. The highest BCUT2D eigenvalue weighted by molar-refractivity contribution is 6.09. The highest BCUT2D eigenvalue weighted by Crippen LogP contribution is 2.34. The lowest BCUT2D eigenvalue weighted by atomic mass is 9.91. The zero-order valence-corrected chi connectivity index (χ0v) is 18.5. The van der Waals surface area contributed by atoms with E-state index in [0.717, 1.165) is 25.7 Å². The first kappa shape index (κ1) is 26.1. The predicted octanol–water partition coefficient (Wildman–Crippen LogP) is 4.23. The van der Waals surface area contributed by atoms with Gasteiger partial charge in [-0.3, -0.25) is 19.2 Å². The quantitative estimate of drug-likeness (QED) is 0.201. The Bertz CT molecular complexity index is 773. The Kier molecular flexibility index (Phi) is 11.2. The Hall–Kier alpha value is -2.96. The Morgan fingerprint density at radius 3 is 2.52 bits per heavy atom. The molecular formula is C24H32O7. The summed E-state index contributed by atoms with van der Waals surface area (Å²) in [7, 11) is 0. The maximum atomic E-state index is 12.4. The highest BCUT2D eigenvalue weighted by Gasteiger charge is 2.41. The van der Waals surface area contributed by atoms with E-state index in [-0.39, 0.29) is 24.2 Å². The summed E-state index contributed by atoms with van der Waals surface area (Å²) < 4.78 is 10.7. The van der Waals surface area contributed by atoms with E-state index in [9.17, 15) is 19.2 Å². The lowest BCUT2D eigenvalue weighted by Gasteiger charge is -2.27. The number of carbonyl (C=O) groups is 4. The van der Waals surface area contributed by atoms with Gasteiger partial charge in [0.05, 0.1) is 0 Å². The molecule has 170 valence electrons. The normalized spacial score (nSPS) is 20.6. The maximum Gasteiger partial charge on any atom is 0.303 e. The van der Waals surface area contributed by atoms with Crippen LogP contribution in [0, 0.1) is 0 Å². The average Bonchev–Trinajstić information content (AvgIpc) is 2.97. The summed E-state index contributed by atoms with van der Waals surface area (Å²) in [6, 6.07) is 0. The molecular weight excluding hydrogens is 400 g/mol. The monoisotopic (exact) mass is 432 g/mol. The van der Waals surface area contributed by atoms with Gasteiger partial charge in [0.25, 0.3) is 0 Å². The number of hydrogen-bond acceptors (Lipinski definition) is 6. The van der Waals surface area contributed by atoms with Crippen molar-refractivity contribution in [1.82, 2.24) is 0 Å². The molecule has 0 aromatic heterocycles. The van der Waals surface area contributed by atoms with Crippen LogP contribution in [-0.2, 0) is 28.7 Å². The third kappa shape index (κ3) is 9.59. The third-order valence-corrected chi connectivity index (χ3v) is 4.66. The largest absolute Gasteiger partial charge is 0.481 e. The number of ketones is 1. The van der Waals surface area contributed by atoms with Crippen LogP contribution in [0.25, 0.3) is 0 Å². The predicted molar refractivity (Wildman–Crippen MR) is 116 cm³/mol. The molecule has 31 heavy (non-hydrogen) atoms. The zero-order chi connectivity index (χ0) is 23.3. The van der Waals surface area contributed by atoms with Crippen molar-refractivity contribution in [3.8, 4) is 0 Å². The first-order valence-corrected chi connectivity index (χ1v) is 10.6. The Labute approximate surface area is 183 Å². The topological polar surface area (TPSA) is 107 Å². The lowest BCUT2D eigenvalue weighted by Crippen LogP contribution is -2.33. The number of carbonyl (C=O) groups excluding carboxylic acids is 3. The smallest absolute Gasteiger partial charge is 0.303 e. The van der Waals surface area contributed by atoms with E-state index in [1.807, 2.05) is 12.2 Å². The van der Waals surface area contributed by atoms with Crippen LogP contribution < -0.4 is 0 Å². The molecule has 0 heterocycles. The number of unbranched alkanes of at least 4 members (excludes halogenated alkanes) is 3. The van der Waals surface area contributed by atoms with Crippen LogP contribution in [0.15, 0.2) is 48.1 Å². The summed E-state index contributed by atoms with van der Waals surface area (Å²) in [6.07, 6.45) is 15.2. The second-order valence-corrected chi connectivity index (χ2v) is 7.40. The van der Waals surface area contributed by atoms with Crippen LogP contribution in [-0.4, -0.2) is 40.5 Å². The second-order valence-electron chi connectivity index (χ2n) is 7.40. The van der Waals surface area contributed by atoms with Gasteiger partial charge in [-0.1, -0.05) is 44.1 Å². The number of hydrogen-bond donors (Lipinski definition) is 1. The van der Waals surface area contributed by atoms with Crippen molar-refractivity contribution >= 4 is 23.7 Å². The van der Waals surface area contributed by atoms with Crippen molar-refractivity contribution in [2.45, 2.75) is 77.4 Å². The Morgan fingerprint density at radius 2 is 1.90 bits per heavy atom. The van der Waals surface area contributed by atoms with Crippen molar-refractivity contribution < 1.29 is 33.8 Å². The molecule has 0 radical (unpaired) electrons. The van der Waals surface area contributed by atoms with Gasteiger partial charge in [-0.25, -0.2) is 0 Å². The zero-order valence-electron chi connectivity index (χ0n) is 18.5. The molecule has 0 aromatic rings. The van der Waals surface area contributed by atoms with Crippen molar-refractivity contribution in [1.29, 1.82) is 0 Å². The molecule has 0 bridgehead atoms. The van der Waals surface area contributed by atoms with Gasteiger partial charge in [0.1, 0.15) is 6.10 Å². The van der Waals surface area contributed by atoms with Gasteiger partial charge in [0.15, 0.2) is 11.4 Å². The number of allylic oxidation sites excluding steroid dienone is 4. The summed E-state index contributed by atoms with van der Waals surface area (Å²) in [6.45, 7) is 4.66. The number of ether oxygens (including phenoxy) is 2. The van der Waals surface area contributed by atoms with E-state index in [0.29, 0.717) is 6.42 Å². The van der Waals surface area contributed by atoms with Crippen LogP contribution in [0.5, 0.6) is 0 Å². The van der Waals surface area contributed by atoms with Gasteiger partial charge < -0.3 is 14.6 Å². The maximum absolute atomic E-state index is 12.4. The fourth-order valence-electron chi connectivity index (χ4n) is 3.22. The number of esters is 2. The molecule has 1 rings (SSSR count). The second kappa shape index (κ2) is 13.4. The molecule has 1 aliphatic carbocycles. The van der Waals surface area contributed by atoms with E-state index in [1.54, 1.807) is 6.08 Å². The summed E-state index contributed by atoms with van der Waals surface area (Å²) in [5.41, 5.74) is -0.899. The molecule has 0 fully saturated rings. The minimum absolute atomic E-state index is 0.108. The summed E-state index contributed by atoms with van der Waals surface area (Å²) >= 11 is 0. The molecule has 0 aliphatic heterocycles. The van der Waals surface area contributed by atoms with Crippen LogP contribution >= 0.6 is 0 Å². The van der Waals surface area contributed by atoms with Crippen LogP contribution in [0.1, 0.15) is 65.7 Å². The minimum Gasteiger partial charge on any atom is -0.481 e. The van der Waals surface area contributed by atoms with Gasteiger partial charge in [0, 0.05) is 32.3 Å². The molecule has 0 aromatic carbocycles. The van der Waals surface area contributed by atoms with E-state index < -0.39 is 29.6 Å². The van der Waals surface area contributed by atoms with E-state index in [1.165, 1.54) is 38.2 Å². The number of carboxylic acid groups (broad SMARTS) is 1.